The number of fused-ring (bicyclic) bond motifs is 1. The molecule has 0 unspecified atom stereocenters. The van der Waals surface area contributed by atoms with Gasteiger partial charge in [0.2, 0.25) is 0 Å². The van der Waals surface area contributed by atoms with Crippen LogP contribution in [-0.2, 0) is 23.1 Å². The van der Waals surface area contributed by atoms with Crippen LogP contribution < -0.4 is 9.62 Å². The molecule has 156 valence electrons. The van der Waals surface area contributed by atoms with Crippen molar-refractivity contribution < 1.29 is 13.2 Å². The second kappa shape index (κ2) is 8.55. The summed E-state index contributed by atoms with van der Waals surface area (Å²) in [6.45, 7) is 1.98. The normalized spacial score (nSPS) is 14.9. The van der Waals surface area contributed by atoms with E-state index in [4.69, 9.17) is 0 Å². The van der Waals surface area contributed by atoms with Gasteiger partial charge in [-0.2, -0.15) is 12.7 Å². The SMILES string of the molecule is C[C@@H](NC(=O)c1ccc(N(C)S(=O)(=O)N(C)C)cc1)c1ccc2c(c1)CCCC2. The third kappa shape index (κ3) is 4.62. The second-order valence-corrected chi connectivity index (χ2v) is 9.91. The highest BCUT2D eigenvalue weighted by atomic mass is 32.2. The van der Waals surface area contributed by atoms with Gasteiger partial charge in [-0.1, -0.05) is 18.2 Å². The summed E-state index contributed by atoms with van der Waals surface area (Å²) in [7, 11) is 0.893. The van der Waals surface area contributed by atoms with E-state index in [-0.39, 0.29) is 11.9 Å². The number of aryl methyl sites for hydroxylation is 2. The zero-order valence-electron chi connectivity index (χ0n) is 17.5. The van der Waals surface area contributed by atoms with Crippen molar-refractivity contribution in [1.82, 2.24) is 9.62 Å². The van der Waals surface area contributed by atoms with Gasteiger partial charge in [0.15, 0.2) is 0 Å². The van der Waals surface area contributed by atoms with Gasteiger partial charge in [0.25, 0.3) is 5.91 Å². The standard InChI is InChI=1S/C22H29N3O3S/c1-16(19-10-9-17-7-5-6-8-20(17)15-19)23-22(26)18-11-13-21(14-12-18)25(4)29(27,28)24(2)3/h9-16H,5-8H2,1-4H3,(H,23,26)/t16-/m1/s1. The molecule has 0 spiro atoms. The van der Waals surface area contributed by atoms with Crippen molar-refractivity contribution in [2.24, 2.45) is 0 Å². The largest absolute Gasteiger partial charge is 0.346 e. The number of rotatable bonds is 6. The van der Waals surface area contributed by atoms with Gasteiger partial charge < -0.3 is 5.32 Å². The van der Waals surface area contributed by atoms with Gasteiger partial charge in [-0.15, -0.1) is 0 Å². The second-order valence-electron chi connectivity index (χ2n) is 7.73. The van der Waals surface area contributed by atoms with E-state index in [0.29, 0.717) is 11.3 Å². The van der Waals surface area contributed by atoms with Crippen molar-refractivity contribution in [1.29, 1.82) is 0 Å². The van der Waals surface area contributed by atoms with Gasteiger partial charge in [0.1, 0.15) is 0 Å². The fourth-order valence-corrected chi connectivity index (χ4v) is 4.46. The number of carbonyl (C=O) groups is 1. The van der Waals surface area contributed by atoms with E-state index in [1.165, 1.54) is 49.4 Å². The Morgan fingerprint density at radius 2 is 1.59 bits per heavy atom. The third-order valence-electron chi connectivity index (χ3n) is 5.52. The number of hydrogen-bond donors (Lipinski definition) is 1. The van der Waals surface area contributed by atoms with Gasteiger partial charge >= 0.3 is 10.2 Å². The summed E-state index contributed by atoms with van der Waals surface area (Å²) in [6.07, 6.45) is 4.72. The van der Waals surface area contributed by atoms with Crippen molar-refractivity contribution in [3.05, 3.63) is 64.7 Å². The molecule has 0 bridgehead atoms. The molecule has 2 aromatic rings. The molecule has 0 aromatic heterocycles. The molecule has 1 atom stereocenters. The quantitative estimate of drug-likeness (QED) is 0.787. The highest BCUT2D eigenvalue weighted by Gasteiger charge is 2.21. The summed E-state index contributed by atoms with van der Waals surface area (Å²) in [5.41, 5.74) is 4.91. The predicted molar refractivity (Wildman–Crippen MR) is 116 cm³/mol. The van der Waals surface area contributed by atoms with Crippen molar-refractivity contribution >= 4 is 21.8 Å². The Bertz CT molecular complexity index is 985. The third-order valence-corrected chi connectivity index (χ3v) is 7.35. The van der Waals surface area contributed by atoms with Crippen LogP contribution in [0.5, 0.6) is 0 Å². The van der Waals surface area contributed by atoms with Crippen molar-refractivity contribution in [2.45, 2.75) is 38.6 Å². The molecule has 1 N–H and O–H groups in total. The number of nitrogens with zero attached hydrogens (tertiary/aromatic N) is 2. The first-order valence-corrected chi connectivity index (χ1v) is 11.3. The van der Waals surface area contributed by atoms with Gasteiger partial charge in [-0.05, 0) is 73.6 Å². The lowest BCUT2D eigenvalue weighted by Crippen LogP contribution is -2.37. The molecule has 0 radical (unpaired) electrons. The molecule has 0 saturated carbocycles. The molecule has 0 fully saturated rings. The van der Waals surface area contributed by atoms with Crippen LogP contribution in [0, 0.1) is 0 Å². The Morgan fingerprint density at radius 1 is 0.966 bits per heavy atom. The van der Waals surface area contributed by atoms with E-state index in [0.717, 1.165) is 22.7 Å². The van der Waals surface area contributed by atoms with E-state index >= 15 is 0 Å². The molecule has 2 aromatic carbocycles. The highest BCUT2D eigenvalue weighted by Crippen LogP contribution is 2.25. The van der Waals surface area contributed by atoms with Gasteiger partial charge in [0, 0.05) is 26.7 Å². The van der Waals surface area contributed by atoms with Crippen molar-refractivity contribution in [3.8, 4) is 0 Å². The zero-order valence-corrected chi connectivity index (χ0v) is 18.3. The van der Waals surface area contributed by atoms with Crippen LogP contribution in [-0.4, -0.2) is 39.8 Å². The monoisotopic (exact) mass is 415 g/mol. The maximum atomic E-state index is 12.7. The van der Waals surface area contributed by atoms with E-state index < -0.39 is 10.2 Å². The first kappa shape index (κ1) is 21.3. The summed E-state index contributed by atoms with van der Waals surface area (Å²) in [6, 6.07) is 13.0. The van der Waals surface area contributed by atoms with E-state index in [1.54, 1.807) is 24.3 Å². The minimum absolute atomic E-state index is 0.105. The molecule has 29 heavy (non-hydrogen) atoms. The number of anilines is 1. The summed E-state index contributed by atoms with van der Waals surface area (Å²) in [5, 5.41) is 3.04. The van der Waals surface area contributed by atoms with Gasteiger partial charge in [-0.3, -0.25) is 9.10 Å². The number of carbonyl (C=O) groups excluding carboxylic acids is 1. The molecule has 0 heterocycles. The number of amides is 1. The lowest BCUT2D eigenvalue weighted by Gasteiger charge is -2.23. The van der Waals surface area contributed by atoms with Crippen LogP contribution in [0.15, 0.2) is 42.5 Å². The Hall–Kier alpha value is -2.38. The topological polar surface area (TPSA) is 69.7 Å². The zero-order chi connectivity index (χ0) is 21.2. The number of benzene rings is 2. The summed E-state index contributed by atoms with van der Waals surface area (Å²) in [5.74, 6) is -0.181. The lowest BCUT2D eigenvalue weighted by molar-refractivity contribution is 0.0940. The van der Waals surface area contributed by atoms with Crippen LogP contribution in [0.2, 0.25) is 0 Å². The molecule has 7 heteroatoms. The van der Waals surface area contributed by atoms with E-state index in [1.807, 2.05) is 6.92 Å². The van der Waals surface area contributed by atoms with Gasteiger partial charge in [-0.25, -0.2) is 0 Å². The predicted octanol–water partition coefficient (Wildman–Crippen LogP) is 3.30. The summed E-state index contributed by atoms with van der Waals surface area (Å²) < 4.78 is 26.8. The van der Waals surface area contributed by atoms with Crippen LogP contribution in [0.3, 0.4) is 0 Å². The fraction of sp³-hybridized carbons (Fsp3) is 0.409. The van der Waals surface area contributed by atoms with Crippen LogP contribution in [0.1, 0.15) is 52.9 Å². The molecule has 1 aliphatic carbocycles. The lowest BCUT2D eigenvalue weighted by atomic mass is 9.89. The molecule has 3 rings (SSSR count). The molecular weight excluding hydrogens is 386 g/mol. The first-order valence-electron chi connectivity index (χ1n) is 9.89. The maximum Gasteiger partial charge on any atom is 0.303 e. The van der Waals surface area contributed by atoms with E-state index in [2.05, 4.69) is 23.5 Å². The Balaban J connectivity index is 1.69. The number of hydrogen-bond acceptors (Lipinski definition) is 3. The first-order chi connectivity index (χ1) is 13.7. The molecule has 1 aliphatic rings. The Kier molecular flexibility index (Phi) is 6.29. The smallest absolute Gasteiger partial charge is 0.303 e. The van der Waals surface area contributed by atoms with Crippen LogP contribution in [0.4, 0.5) is 5.69 Å². The average Bonchev–Trinajstić information content (AvgIpc) is 2.72. The maximum absolute atomic E-state index is 12.7. The van der Waals surface area contributed by atoms with Crippen LogP contribution >= 0.6 is 0 Å². The molecule has 1 amide bonds. The molecule has 0 saturated heterocycles. The highest BCUT2D eigenvalue weighted by molar-refractivity contribution is 7.90. The van der Waals surface area contributed by atoms with E-state index in [9.17, 15) is 13.2 Å². The van der Waals surface area contributed by atoms with Gasteiger partial charge in [0.05, 0.1) is 11.7 Å². The molecule has 0 aliphatic heterocycles. The minimum Gasteiger partial charge on any atom is -0.346 e. The molecular formula is C22H29N3O3S. The Labute approximate surface area is 173 Å². The molecule has 6 nitrogen and oxygen atoms in total. The fourth-order valence-electron chi connectivity index (χ4n) is 3.59. The van der Waals surface area contributed by atoms with Crippen LogP contribution in [0.25, 0.3) is 0 Å². The van der Waals surface area contributed by atoms with Crippen molar-refractivity contribution in [3.63, 3.8) is 0 Å². The summed E-state index contributed by atoms with van der Waals surface area (Å²) >= 11 is 0. The minimum atomic E-state index is -3.56. The summed E-state index contributed by atoms with van der Waals surface area (Å²) in [4.78, 5) is 12.7. The number of nitrogens with one attached hydrogen (secondary N) is 1. The average molecular weight is 416 g/mol. The van der Waals surface area contributed by atoms with Crippen molar-refractivity contribution in [2.75, 3.05) is 25.4 Å². The Morgan fingerprint density at radius 3 is 2.21 bits per heavy atom.